The molecule has 6 nitrogen and oxygen atoms in total. The van der Waals surface area contributed by atoms with Crippen molar-refractivity contribution in [3.05, 3.63) is 29.3 Å². The van der Waals surface area contributed by atoms with E-state index in [-0.39, 0.29) is 29.9 Å². The quantitative estimate of drug-likeness (QED) is 0.779. The molecule has 3 amide bonds. The van der Waals surface area contributed by atoms with Crippen LogP contribution in [0.3, 0.4) is 0 Å². The van der Waals surface area contributed by atoms with Gasteiger partial charge < -0.3 is 19.4 Å². The van der Waals surface area contributed by atoms with Gasteiger partial charge in [-0.1, -0.05) is 19.4 Å². The number of likely N-dealkylation sites (tertiary alicyclic amines) is 1. The molecule has 0 saturated carbocycles. The fourth-order valence-corrected chi connectivity index (χ4v) is 5.36. The molecule has 0 aromatic heterocycles. The number of urea groups is 1. The minimum Gasteiger partial charge on any atom is -0.497 e. The zero-order valence-corrected chi connectivity index (χ0v) is 17.9. The number of carbonyl (C=O) groups excluding carboxylic acids is 2. The SMILES string of the molecule is CCCCN(C)C(=O)N1CCCC2C(=O)N3CCc4cc(OC)ccc4C3CC21. The van der Waals surface area contributed by atoms with E-state index in [1.165, 1.54) is 11.1 Å². The van der Waals surface area contributed by atoms with Gasteiger partial charge in [-0.25, -0.2) is 4.79 Å². The number of benzene rings is 1. The van der Waals surface area contributed by atoms with Gasteiger partial charge in [-0.15, -0.1) is 0 Å². The highest BCUT2D eigenvalue weighted by Crippen LogP contribution is 2.44. The maximum absolute atomic E-state index is 13.4. The summed E-state index contributed by atoms with van der Waals surface area (Å²) in [5.74, 6) is 1.05. The predicted octanol–water partition coefficient (Wildman–Crippen LogP) is 3.46. The van der Waals surface area contributed by atoms with E-state index in [1.807, 2.05) is 22.9 Å². The van der Waals surface area contributed by atoms with E-state index in [1.54, 1.807) is 7.11 Å². The summed E-state index contributed by atoms with van der Waals surface area (Å²) < 4.78 is 5.39. The number of unbranched alkanes of at least 4 members (excludes halogenated alkanes) is 1. The maximum Gasteiger partial charge on any atom is 0.320 e. The molecule has 0 bridgehead atoms. The summed E-state index contributed by atoms with van der Waals surface area (Å²) in [7, 11) is 3.58. The van der Waals surface area contributed by atoms with Gasteiger partial charge in [-0.3, -0.25) is 4.79 Å². The molecule has 3 heterocycles. The monoisotopic (exact) mass is 399 g/mol. The highest BCUT2D eigenvalue weighted by atomic mass is 16.5. The molecule has 4 rings (SSSR count). The fraction of sp³-hybridized carbons (Fsp3) is 0.652. The second-order valence-electron chi connectivity index (χ2n) is 8.67. The lowest BCUT2D eigenvalue weighted by Gasteiger charge is -2.52. The van der Waals surface area contributed by atoms with Crippen molar-refractivity contribution in [2.45, 2.75) is 57.5 Å². The van der Waals surface area contributed by atoms with Crippen LogP contribution in [0.1, 0.15) is 56.2 Å². The smallest absolute Gasteiger partial charge is 0.320 e. The lowest BCUT2D eigenvalue weighted by molar-refractivity contribution is -0.148. The van der Waals surface area contributed by atoms with Crippen LogP contribution in [0.5, 0.6) is 5.75 Å². The first-order valence-electron chi connectivity index (χ1n) is 11.0. The van der Waals surface area contributed by atoms with E-state index in [2.05, 4.69) is 24.0 Å². The topological polar surface area (TPSA) is 53.1 Å². The largest absolute Gasteiger partial charge is 0.497 e. The third kappa shape index (κ3) is 3.58. The number of rotatable bonds is 4. The summed E-state index contributed by atoms with van der Waals surface area (Å²) in [5.41, 5.74) is 2.49. The highest BCUT2D eigenvalue weighted by molar-refractivity contribution is 5.83. The number of fused-ring (bicyclic) bond motifs is 4. The van der Waals surface area contributed by atoms with Crippen LogP contribution in [0.4, 0.5) is 4.79 Å². The molecule has 3 aliphatic rings. The second-order valence-corrected chi connectivity index (χ2v) is 8.67. The number of hydrogen-bond donors (Lipinski definition) is 0. The van der Waals surface area contributed by atoms with Crippen molar-refractivity contribution in [3.8, 4) is 5.75 Å². The zero-order chi connectivity index (χ0) is 20.5. The van der Waals surface area contributed by atoms with Crippen molar-refractivity contribution in [2.24, 2.45) is 5.92 Å². The van der Waals surface area contributed by atoms with Gasteiger partial charge in [0.05, 0.1) is 19.1 Å². The van der Waals surface area contributed by atoms with Gasteiger partial charge in [0.1, 0.15) is 5.75 Å². The zero-order valence-electron chi connectivity index (χ0n) is 17.9. The molecule has 0 aliphatic carbocycles. The number of nitrogens with zero attached hydrogens (tertiary/aromatic N) is 3. The Morgan fingerprint density at radius 3 is 2.90 bits per heavy atom. The van der Waals surface area contributed by atoms with Crippen molar-refractivity contribution in [1.82, 2.24) is 14.7 Å². The summed E-state index contributed by atoms with van der Waals surface area (Å²) in [6, 6.07) is 6.35. The number of amides is 3. The van der Waals surface area contributed by atoms with Crippen LogP contribution in [-0.4, -0.2) is 66.5 Å². The standard InChI is InChI=1S/C23H33N3O3/c1-4-5-11-24(2)23(28)26-12-6-7-19-21(26)15-20-18-9-8-17(29-3)14-16(18)10-13-25(20)22(19)27/h8-9,14,19-21H,4-7,10-13,15H2,1-3H3. The minimum atomic E-state index is -0.0525. The molecule has 0 radical (unpaired) electrons. The van der Waals surface area contributed by atoms with E-state index in [0.717, 1.165) is 63.9 Å². The van der Waals surface area contributed by atoms with Crippen LogP contribution in [0.2, 0.25) is 0 Å². The highest BCUT2D eigenvalue weighted by Gasteiger charge is 2.49. The fourth-order valence-electron chi connectivity index (χ4n) is 5.36. The average molecular weight is 400 g/mol. The van der Waals surface area contributed by atoms with Crippen molar-refractivity contribution < 1.29 is 14.3 Å². The lowest BCUT2D eigenvalue weighted by Crippen LogP contribution is -2.61. The number of piperidine rings is 2. The summed E-state index contributed by atoms with van der Waals surface area (Å²) >= 11 is 0. The summed E-state index contributed by atoms with van der Waals surface area (Å²) in [6.45, 7) is 4.43. The molecule has 3 unspecified atom stereocenters. The Morgan fingerprint density at radius 1 is 1.31 bits per heavy atom. The molecule has 0 N–H and O–H groups in total. The number of ether oxygens (including phenoxy) is 1. The van der Waals surface area contributed by atoms with Crippen LogP contribution in [0.15, 0.2) is 18.2 Å². The summed E-state index contributed by atoms with van der Waals surface area (Å²) in [4.78, 5) is 32.5. The maximum atomic E-state index is 13.4. The number of methoxy groups -OCH3 is 1. The Labute approximate surface area is 173 Å². The molecule has 3 aliphatic heterocycles. The van der Waals surface area contributed by atoms with E-state index >= 15 is 0 Å². The lowest BCUT2D eigenvalue weighted by atomic mass is 9.76. The molecular formula is C23H33N3O3. The molecule has 2 saturated heterocycles. The molecule has 158 valence electrons. The Morgan fingerprint density at radius 2 is 2.14 bits per heavy atom. The van der Waals surface area contributed by atoms with Gasteiger partial charge in [0.2, 0.25) is 5.91 Å². The Balaban J connectivity index is 1.60. The predicted molar refractivity (Wildman–Crippen MR) is 112 cm³/mol. The molecule has 0 spiro atoms. The Bertz CT molecular complexity index is 781. The first-order valence-corrected chi connectivity index (χ1v) is 11.0. The van der Waals surface area contributed by atoms with Crippen molar-refractivity contribution >= 4 is 11.9 Å². The molecular weight excluding hydrogens is 366 g/mol. The second kappa shape index (κ2) is 8.25. The van der Waals surface area contributed by atoms with Gasteiger partial charge >= 0.3 is 6.03 Å². The van der Waals surface area contributed by atoms with E-state index in [9.17, 15) is 9.59 Å². The van der Waals surface area contributed by atoms with E-state index < -0.39 is 0 Å². The Hall–Kier alpha value is -2.24. The summed E-state index contributed by atoms with van der Waals surface area (Å²) in [5, 5.41) is 0. The third-order valence-corrected chi connectivity index (χ3v) is 6.97. The molecule has 6 heteroatoms. The number of hydrogen-bond acceptors (Lipinski definition) is 3. The number of carbonyl (C=O) groups is 2. The van der Waals surface area contributed by atoms with Gasteiger partial charge in [0.15, 0.2) is 0 Å². The van der Waals surface area contributed by atoms with Crippen LogP contribution in [0, 0.1) is 5.92 Å². The van der Waals surface area contributed by atoms with E-state index in [4.69, 9.17) is 4.74 Å². The third-order valence-electron chi connectivity index (χ3n) is 6.97. The van der Waals surface area contributed by atoms with Gasteiger partial charge in [-0.05, 0) is 55.4 Å². The van der Waals surface area contributed by atoms with E-state index in [0.29, 0.717) is 0 Å². The summed E-state index contributed by atoms with van der Waals surface area (Å²) in [6.07, 6.45) is 5.59. The van der Waals surface area contributed by atoms with Crippen molar-refractivity contribution in [1.29, 1.82) is 0 Å². The van der Waals surface area contributed by atoms with Crippen molar-refractivity contribution in [3.63, 3.8) is 0 Å². The first-order chi connectivity index (χ1) is 14.0. The van der Waals surface area contributed by atoms with Crippen LogP contribution >= 0.6 is 0 Å². The van der Waals surface area contributed by atoms with Gasteiger partial charge in [0, 0.05) is 32.7 Å². The molecule has 29 heavy (non-hydrogen) atoms. The molecule has 1 aromatic rings. The van der Waals surface area contributed by atoms with Gasteiger partial charge in [0.25, 0.3) is 0 Å². The first kappa shape index (κ1) is 20.0. The van der Waals surface area contributed by atoms with Crippen molar-refractivity contribution in [2.75, 3.05) is 33.8 Å². The Kier molecular flexibility index (Phi) is 5.70. The molecule has 1 aromatic carbocycles. The molecule has 3 atom stereocenters. The van der Waals surface area contributed by atoms with Crippen LogP contribution < -0.4 is 4.74 Å². The minimum absolute atomic E-state index is 0.00197. The van der Waals surface area contributed by atoms with Gasteiger partial charge in [-0.2, -0.15) is 0 Å². The van der Waals surface area contributed by atoms with Crippen LogP contribution in [0.25, 0.3) is 0 Å². The normalized spacial score (nSPS) is 25.8. The average Bonchev–Trinajstić information content (AvgIpc) is 2.76. The van der Waals surface area contributed by atoms with Crippen LogP contribution in [-0.2, 0) is 11.2 Å². The molecule has 2 fully saturated rings.